The maximum Gasteiger partial charge on any atom is 0.321 e. The summed E-state index contributed by atoms with van der Waals surface area (Å²) in [4.78, 5) is 14.4. The molecule has 4 atom stereocenters. The molecule has 2 amide bonds. The van der Waals surface area contributed by atoms with E-state index in [4.69, 9.17) is 21.1 Å². The van der Waals surface area contributed by atoms with Crippen LogP contribution >= 0.6 is 11.6 Å². The van der Waals surface area contributed by atoms with E-state index < -0.39 is 0 Å². The molecule has 0 aliphatic carbocycles. The molecule has 3 aliphatic rings. The number of hydrogen-bond donors (Lipinski definition) is 1. The third-order valence-electron chi connectivity index (χ3n) is 5.15. The van der Waals surface area contributed by atoms with Crippen molar-refractivity contribution in [3.8, 4) is 5.75 Å². The number of nitrogens with zero attached hydrogens (tertiary/aromatic N) is 1. The lowest BCUT2D eigenvalue weighted by molar-refractivity contribution is 0.0746. The van der Waals surface area contributed by atoms with Crippen LogP contribution in [0.25, 0.3) is 0 Å². The smallest absolute Gasteiger partial charge is 0.321 e. The maximum atomic E-state index is 12.5. The highest BCUT2D eigenvalue weighted by Crippen LogP contribution is 2.47. The van der Waals surface area contributed by atoms with E-state index in [1.54, 1.807) is 25.3 Å². The van der Waals surface area contributed by atoms with Crippen molar-refractivity contribution in [1.82, 2.24) is 4.90 Å². The molecule has 0 saturated carbocycles. The number of rotatable bonds is 2. The van der Waals surface area contributed by atoms with Crippen LogP contribution in [0.4, 0.5) is 10.5 Å². The normalized spacial score (nSPS) is 32.2. The lowest BCUT2D eigenvalue weighted by Crippen LogP contribution is -2.35. The maximum absolute atomic E-state index is 12.5. The van der Waals surface area contributed by atoms with Gasteiger partial charge in [0.2, 0.25) is 0 Å². The van der Waals surface area contributed by atoms with E-state index in [1.165, 1.54) is 0 Å². The first-order chi connectivity index (χ1) is 10.7. The number of urea groups is 1. The van der Waals surface area contributed by atoms with E-state index in [2.05, 4.69) is 5.32 Å². The van der Waals surface area contributed by atoms with Crippen LogP contribution in [0.15, 0.2) is 18.2 Å². The number of likely N-dealkylation sites (tertiary alicyclic amines) is 1. The van der Waals surface area contributed by atoms with Gasteiger partial charge in [0.15, 0.2) is 5.75 Å². The largest absolute Gasteiger partial charge is 0.493 e. The summed E-state index contributed by atoms with van der Waals surface area (Å²) in [5.41, 5.74) is 0.608. The number of methoxy groups -OCH3 is 1. The molecule has 2 bridgehead atoms. The van der Waals surface area contributed by atoms with E-state index in [0.717, 1.165) is 25.9 Å². The molecule has 4 rings (SSSR count). The van der Waals surface area contributed by atoms with Gasteiger partial charge in [-0.15, -0.1) is 0 Å². The average Bonchev–Trinajstić information content (AvgIpc) is 3.20. The fourth-order valence-electron chi connectivity index (χ4n) is 4.13. The second kappa shape index (κ2) is 5.32. The van der Waals surface area contributed by atoms with Gasteiger partial charge in [-0.05, 0) is 25.0 Å². The second-order valence-corrected chi connectivity index (χ2v) is 6.68. The molecule has 0 spiro atoms. The zero-order valence-electron chi connectivity index (χ0n) is 12.4. The van der Waals surface area contributed by atoms with E-state index in [9.17, 15) is 4.79 Å². The number of fused-ring (bicyclic) bond motifs is 5. The number of para-hydroxylation sites is 1. The number of halogens is 1. The molecular formula is C16H19ClN2O3. The van der Waals surface area contributed by atoms with Gasteiger partial charge in [-0.1, -0.05) is 17.7 Å². The zero-order chi connectivity index (χ0) is 15.3. The fourth-order valence-corrected chi connectivity index (χ4v) is 4.39. The summed E-state index contributed by atoms with van der Waals surface area (Å²) >= 11 is 6.09. The molecule has 3 fully saturated rings. The SMILES string of the molecule is COc1c(Cl)cccc1NC(=O)N1C[C@H]2[C@H](C1)[C@H]1CC[C@H]2O1. The van der Waals surface area contributed by atoms with Crippen molar-refractivity contribution in [3.63, 3.8) is 0 Å². The Morgan fingerprint density at radius 2 is 2.00 bits per heavy atom. The Balaban J connectivity index is 1.47. The number of amides is 2. The number of nitrogens with one attached hydrogen (secondary N) is 1. The molecule has 0 aromatic heterocycles. The Hall–Kier alpha value is -1.46. The van der Waals surface area contributed by atoms with Crippen LogP contribution in [-0.2, 0) is 4.74 Å². The van der Waals surface area contributed by atoms with Crippen LogP contribution in [0.1, 0.15) is 12.8 Å². The monoisotopic (exact) mass is 322 g/mol. The van der Waals surface area contributed by atoms with Crippen LogP contribution in [0.5, 0.6) is 5.75 Å². The molecule has 22 heavy (non-hydrogen) atoms. The summed E-state index contributed by atoms with van der Waals surface area (Å²) in [6.45, 7) is 1.56. The van der Waals surface area contributed by atoms with Gasteiger partial charge in [0.05, 0.1) is 30.0 Å². The van der Waals surface area contributed by atoms with Gasteiger partial charge >= 0.3 is 6.03 Å². The molecular weight excluding hydrogens is 304 g/mol. The van der Waals surface area contributed by atoms with Crippen molar-refractivity contribution in [2.24, 2.45) is 11.8 Å². The predicted molar refractivity (Wildman–Crippen MR) is 83.5 cm³/mol. The van der Waals surface area contributed by atoms with E-state index in [0.29, 0.717) is 40.5 Å². The van der Waals surface area contributed by atoms with E-state index >= 15 is 0 Å². The van der Waals surface area contributed by atoms with Crippen molar-refractivity contribution in [2.75, 3.05) is 25.5 Å². The molecule has 1 aromatic carbocycles. The fraction of sp³-hybridized carbons (Fsp3) is 0.562. The number of hydrogen-bond acceptors (Lipinski definition) is 3. The van der Waals surface area contributed by atoms with Gasteiger partial charge < -0.3 is 19.7 Å². The van der Waals surface area contributed by atoms with E-state index in [1.807, 2.05) is 4.90 Å². The highest BCUT2D eigenvalue weighted by molar-refractivity contribution is 6.32. The van der Waals surface area contributed by atoms with Crippen LogP contribution < -0.4 is 10.1 Å². The van der Waals surface area contributed by atoms with Gasteiger partial charge in [0.1, 0.15) is 0 Å². The molecule has 5 nitrogen and oxygen atoms in total. The minimum atomic E-state index is -0.0885. The van der Waals surface area contributed by atoms with Gasteiger partial charge in [-0.2, -0.15) is 0 Å². The molecule has 3 aliphatic heterocycles. The first kappa shape index (κ1) is 14.2. The number of benzene rings is 1. The first-order valence-corrected chi connectivity index (χ1v) is 8.09. The Kier molecular flexibility index (Phi) is 3.42. The van der Waals surface area contributed by atoms with Crippen LogP contribution in [0.3, 0.4) is 0 Å². The Labute approximate surface area is 134 Å². The molecule has 3 saturated heterocycles. The van der Waals surface area contributed by atoms with Gasteiger partial charge in [0, 0.05) is 24.9 Å². The predicted octanol–water partition coefficient (Wildman–Crippen LogP) is 2.99. The van der Waals surface area contributed by atoms with Crippen molar-refractivity contribution in [1.29, 1.82) is 0 Å². The molecule has 0 unspecified atom stereocenters. The standard InChI is InChI=1S/C16H19ClN2O3/c1-21-15-11(17)3-2-4-12(15)18-16(20)19-7-9-10(8-19)14-6-5-13(9)22-14/h2-4,9-10,13-14H,5-8H2,1H3,(H,18,20)/t9-,10-,13+,14+/m0/s1. The molecule has 118 valence electrons. The van der Waals surface area contributed by atoms with E-state index in [-0.39, 0.29) is 6.03 Å². The summed E-state index contributed by atoms with van der Waals surface area (Å²) in [6.07, 6.45) is 2.99. The molecule has 1 aromatic rings. The van der Waals surface area contributed by atoms with Crippen molar-refractivity contribution >= 4 is 23.3 Å². The van der Waals surface area contributed by atoms with Crippen molar-refractivity contribution < 1.29 is 14.3 Å². The third-order valence-corrected chi connectivity index (χ3v) is 5.45. The number of carbonyl (C=O) groups excluding carboxylic acids is 1. The number of anilines is 1. The summed E-state index contributed by atoms with van der Waals surface area (Å²) in [5.74, 6) is 1.51. The average molecular weight is 323 g/mol. The lowest BCUT2D eigenvalue weighted by Gasteiger charge is -2.20. The Bertz CT molecular complexity index is 591. The molecule has 6 heteroatoms. The Morgan fingerprint density at radius 3 is 2.64 bits per heavy atom. The second-order valence-electron chi connectivity index (χ2n) is 6.27. The van der Waals surface area contributed by atoms with Crippen LogP contribution in [0, 0.1) is 11.8 Å². The number of carbonyl (C=O) groups is 1. The quantitative estimate of drug-likeness (QED) is 0.910. The minimum absolute atomic E-state index is 0.0885. The summed E-state index contributed by atoms with van der Waals surface area (Å²) in [5, 5.41) is 3.41. The van der Waals surface area contributed by atoms with Crippen LogP contribution in [0.2, 0.25) is 5.02 Å². The van der Waals surface area contributed by atoms with Crippen LogP contribution in [-0.4, -0.2) is 43.3 Å². The van der Waals surface area contributed by atoms with Gasteiger partial charge in [-0.25, -0.2) is 4.79 Å². The molecule has 0 radical (unpaired) electrons. The first-order valence-electron chi connectivity index (χ1n) is 7.71. The number of ether oxygens (including phenoxy) is 2. The molecule has 1 N–H and O–H groups in total. The topological polar surface area (TPSA) is 50.8 Å². The highest BCUT2D eigenvalue weighted by atomic mass is 35.5. The van der Waals surface area contributed by atoms with Crippen molar-refractivity contribution in [3.05, 3.63) is 23.2 Å². The van der Waals surface area contributed by atoms with Crippen molar-refractivity contribution in [2.45, 2.75) is 25.0 Å². The highest BCUT2D eigenvalue weighted by Gasteiger charge is 2.53. The lowest BCUT2D eigenvalue weighted by atomic mass is 9.82. The third kappa shape index (κ3) is 2.15. The summed E-state index contributed by atoms with van der Waals surface area (Å²) in [6, 6.07) is 5.25. The minimum Gasteiger partial charge on any atom is -0.493 e. The summed E-state index contributed by atoms with van der Waals surface area (Å²) < 4.78 is 11.2. The van der Waals surface area contributed by atoms with Gasteiger partial charge in [-0.3, -0.25) is 0 Å². The molecule has 3 heterocycles. The van der Waals surface area contributed by atoms with Gasteiger partial charge in [0.25, 0.3) is 0 Å². The zero-order valence-corrected chi connectivity index (χ0v) is 13.2. The Morgan fingerprint density at radius 1 is 1.32 bits per heavy atom. The summed E-state index contributed by atoms with van der Waals surface area (Å²) in [7, 11) is 1.55.